The number of rotatable bonds is 3. The van der Waals surface area contributed by atoms with Crippen molar-refractivity contribution in [2.45, 2.75) is 13.0 Å². The maximum absolute atomic E-state index is 10.5. The Balaban J connectivity index is 2.34. The second-order valence-electron chi connectivity index (χ2n) is 3.49. The minimum absolute atomic E-state index is 0.187. The van der Waals surface area contributed by atoms with Gasteiger partial charge in [0.25, 0.3) is 0 Å². The number of aromatic nitrogens is 1. The number of hydrogen-bond acceptors (Lipinski definition) is 3. The molecule has 0 amide bonds. The second-order valence-corrected chi connectivity index (χ2v) is 3.49. The molecule has 0 bridgehead atoms. The smallest absolute Gasteiger partial charge is 0.141 e. The van der Waals surface area contributed by atoms with Crippen molar-refractivity contribution in [3.05, 3.63) is 36.5 Å². The van der Waals surface area contributed by atoms with Crippen LogP contribution in [0, 0.1) is 0 Å². The van der Waals surface area contributed by atoms with Crippen LogP contribution < -0.4 is 5.32 Å². The van der Waals surface area contributed by atoms with Crippen LogP contribution in [0.4, 0.5) is 5.69 Å². The molecule has 0 saturated heterocycles. The zero-order valence-corrected chi connectivity index (χ0v) is 8.47. The topological polar surface area (TPSA) is 42.0 Å². The molecule has 3 nitrogen and oxygen atoms in total. The van der Waals surface area contributed by atoms with E-state index in [9.17, 15) is 4.79 Å². The van der Waals surface area contributed by atoms with E-state index in [-0.39, 0.29) is 6.04 Å². The standard InChI is InChI=1S/C12H12N2O/c1-9(8-15)14-11-6-10-4-2-3-5-12(10)13-7-11/h2-9,14H,1H3. The van der Waals surface area contributed by atoms with Gasteiger partial charge in [-0.3, -0.25) is 4.98 Å². The van der Waals surface area contributed by atoms with Crippen molar-refractivity contribution in [2.75, 3.05) is 5.32 Å². The fraction of sp³-hybridized carbons (Fsp3) is 0.167. The average Bonchev–Trinajstić information content (AvgIpc) is 2.29. The molecule has 0 radical (unpaired) electrons. The summed E-state index contributed by atoms with van der Waals surface area (Å²) in [4.78, 5) is 14.8. The number of pyridine rings is 1. The lowest BCUT2D eigenvalue weighted by atomic mass is 10.2. The van der Waals surface area contributed by atoms with Crippen molar-refractivity contribution in [3.63, 3.8) is 0 Å². The Morgan fingerprint density at radius 3 is 3.00 bits per heavy atom. The molecule has 0 aliphatic carbocycles. The number of fused-ring (bicyclic) bond motifs is 1. The first-order valence-corrected chi connectivity index (χ1v) is 4.86. The van der Waals surface area contributed by atoms with Gasteiger partial charge in [0.2, 0.25) is 0 Å². The van der Waals surface area contributed by atoms with E-state index in [1.807, 2.05) is 37.3 Å². The van der Waals surface area contributed by atoms with Crippen molar-refractivity contribution < 1.29 is 4.79 Å². The lowest BCUT2D eigenvalue weighted by Crippen LogP contribution is -2.16. The minimum Gasteiger partial charge on any atom is -0.375 e. The van der Waals surface area contributed by atoms with Crippen LogP contribution in [-0.4, -0.2) is 17.3 Å². The van der Waals surface area contributed by atoms with Crippen LogP contribution in [0.25, 0.3) is 10.9 Å². The first kappa shape index (κ1) is 9.65. The fourth-order valence-electron chi connectivity index (χ4n) is 1.45. The summed E-state index contributed by atoms with van der Waals surface area (Å²) in [6, 6.07) is 9.69. The van der Waals surface area contributed by atoms with E-state index in [4.69, 9.17) is 0 Å². The van der Waals surface area contributed by atoms with Gasteiger partial charge in [-0.2, -0.15) is 0 Å². The Hall–Kier alpha value is -1.90. The third kappa shape index (κ3) is 2.13. The Bertz CT molecular complexity index is 482. The van der Waals surface area contributed by atoms with Crippen LogP contribution >= 0.6 is 0 Å². The van der Waals surface area contributed by atoms with Crippen LogP contribution in [0.5, 0.6) is 0 Å². The molecule has 1 heterocycles. The maximum atomic E-state index is 10.5. The molecule has 0 spiro atoms. The number of para-hydroxylation sites is 1. The highest BCUT2D eigenvalue weighted by Crippen LogP contribution is 2.16. The number of carbonyl (C=O) groups is 1. The molecule has 15 heavy (non-hydrogen) atoms. The molecule has 2 aromatic rings. The summed E-state index contributed by atoms with van der Waals surface area (Å²) >= 11 is 0. The molecule has 1 atom stereocenters. The van der Waals surface area contributed by atoms with Crippen molar-refractivity contribution >= 4 is 22.9 Å². The van der Waals surface area contributed by atoms with Gasteiger partial charge in [0.15, 0.2) is 0 Å². The molecule has 0 saturated carbocycles. The molecule has 1 N–H and O–H groups in total. The van der Waals surface area contributed by atoms with Crippen LogP contribution in [0.2, 0.25) is 0 Å². The zero-order valence-electron chi connectivity index (χ0n) is 8.47. The molecular weight excluding hydrogens is 188 g/mol. The summed E-state index contributed by atoms with van der Waals surface area (Å²) < 4.78 is 0. The minimum atomic E-state index is -0.187. The zero-order chi connectivity index (χ0) is 10.7. The highest BCUT2D eigenvalue weighted by molar-refractivity contribution is 5.81. The first-order chi connectivity index (χ1) is 7.29. The van der Waals surface area contributed by atoms with Gasteiger partial charge < -0.3 is 10.1 Å². The summed E-state index contributed by atoms with van der Waals surface area (Å²) in [6.45, 7) is 1.81. The van der Waals surface area contributed by atoms with Crippen molar-refractivity contribution in [3.8, 4) is 0 Å². The van der Waals surface area contributed by atoms with E-state index in [2.05, 4.69) is 10.3 Å². The first-order valence-electron chi connectivity index (χ1n) is 4.86. The van der Waals surface area contributed by atoms with Gasteiger partial charge in [0, 0.05) is 5.39 Å². The summed E-state index contributed by atoms with van der Waals surface area (Å²) in [6.07, 6.45) is 2.61. The monoisotopic (exact) mass is 200 g/mol. The van der Waals surface area contributed by atoms with Gasteiger partial charge in [0.1, 0.15) is 6.29 Å². The maximum Gasteiger partial charge on any atom is 0.141 e. The number of aldehydes is 1. The van der Waals surface area contributed by atoms with Crippen LogP contribution in [0.15, 0.2) is 36.5 Å². The molecule has 1 unspecified atom stereocenters. The lowest BCUT2D eigenvalue weighted by Gasteiger charge is -2.08. The molecule has 1 aromatic heterocycles. The summed E-state index contributed by atoms with van der Waals surface area (Å²) in [5, 5.41) is 4.12. The Kier molecular flexibility index (Phi) is 2.63. The number of nitrogens with one attached hydrogen (secondary N) is 1. The molecule has 76 valence electrons. The third-order valence-electron chi connectivity index (χ3n) is 2.19. The summed E-state index contributed by atoms with van der Waals surface area (Å²) in [7, 11) is 0. The molecular formula is C12H12N2O. The molecule has 0 fully saturated rings. The predicted octanol–water partition coefficient (Wildman–Crippen LogP) is 2.23. The second kappa shape index (κ2) is 4.09. The average molecular weight is 200 g/mol. The van der Waals surface area contributed by atoms with Crippen molar-refractivity contribution in [1.29, 1.82) is 0 Å². The Labute approximate surface area is 88.1 Å². The third-order valence-corrected chi connectivity index (χ3v) is 2.19. The van der Waals surface area contributed by atoms with Gasteiger partial charge >= 0.3 is 0 Å². The van der Waals surface area contributed by atoms with Crippen molar-refractivity contribution in [1.82, 2.24) is 4.98 Å². The van der Waals surface area contributed by atoms with Gasteiger partial charge in [-0.05, 0) is 19.1 Å². The largest absolute Gasteiger partial charge is 0.375 e. The normalized spacial score (nSPS) is 12.3. The molecule has 0 aliphatic rings. The predicted molar refractivity (Wildman–Crippen MR) is 60.9 cm³/mol. The Morgan fingerprint density at radius 1 is 1.40 bits per heavy atom. The Morgan fingerprint density at radius 2 is 2.20 bits per heavy atom. The summed E-state index contributed by atoms with van der Waals surface area (Å²) in [5.74, 6) is 0. The molecule has 2 rings (SSSR count). The number of hydrogen-bond donors (Lipinski definition) is 1. The van der Waals surface area contributed by atoms with Crippen LogP contribution in [0.3, 0.4) is 0 Å². The fourth-order valence-corrected chi connectivity index (χ4v) is 1.45. The number of benzene rings is 1. The van der Waals surface area contributed by atoms with Crippen LogP contribution in [-0.2, 0) is 4.79 Å². The van der Waals surface area contributed by atoms with E-state index < -0.39 is 0 Å². The SMILES string of the molecule is CC(C=O)Nc1cnc2ccccc2c1. The van der Waals surface area contributed by atoms with Gasteiger partial charge in [0.05, 0.1) is 23.4 Å². The summed E-state index contributed by atoms with van der Waals surface area (Å²) in [5.41, 5.74) is 1.83. The molecule has 0 aliphatic heterocycles. The van der Waals surface area contributed by atoms with E-state index >= 15 is 0 Å². The highest BCUT2D eigenvalue weighted by Gasteiger charge is 2.00. The number of anilines is 1. The van der Waals surface area contributed by atoms with Gasteiger partial charge in [-0.1, -0.05) is 18.2 Å². The number of carbonyl (C=O) groups excluding carboxylic acids is 1. The molecule has 1 aromatic carbocycles. The van der Waals surface area contributed by atoms with E-state index in [0.717, 1.165) is 22.9 Å². The lowest BCUT2D eigenvalue weighted by molar-refractivity contribution is -0.108. The van der Waals surface area contributed by atoms with Gasteiger partial charge in [-0.15, -0.1) is 0 Å². The highest BCUT2D eigenvalue weighted by atomic mass is 16.1. The number of nitrogens with zero attached hydrogens (tertiary/aromatic N) is 1. The van der Waals surface area contributed by atoms with Crippen molar-refractivity contribution in [2.24, 2.45) is 0 Å². The molecule has 3 heteroatoms. The van der Waals surface area contributed by atoms with Crippen LogP contribution in [0.1, 0.15) is 6.92 Å². The quantitative estimate of drug-likeness (QED) is 0.772. The van der Waals surface area contributed by atoms with Gasteiger partial charge in [-0.25, -0.2) is 0 Å². The van der Waals surface area contributed by atoms with E-state index in [0.29, 0.717) is 0 Å². The van der Waals surface area contributed by atoms with E-state index in [1.54, 1.807) is 6.20 Å². The van der Waals surface area contributed by atoms with E-state index in [1.165, 1.54) is 0 Å².